The highest BCUT2D eigenvalue weighted by atomic mass is 35.5. The van der Waals surface area contributed by atoms with Crippen LogP contribution in [0, 0.1) is 17.7 Å². The van der Waals surface area contributed by atoms with Gasteiger partial charge >= 0.3 is 0 Å². The average molecular weight is 329 g/mol. The van der Waals surface area contributed by atoms with Crippen LogP contribution in [-0.4, -0.2) is 11.9 Å². The lowest BCUT2D eigenvalue weighted by Crippen LogP contribution is -2.41. The van der Waals surface area contributed by atoms with Crippen LogP contribution in [0.5, 0.6) is 0 Å². The Bertz CT molecular complexity index is 489. The van der Waals surface area contributed by atoms with Crippen LogP contribution in [0.15, 0.2) is 24.3 Å². The van der Waals surface area contributed by atoms with Gasteiger partial charge in [-0.1, -0.05) is 31.9 Å². The largest absolute Gasteiger partial charge is 0.349 e. The third-order valence-electron chi connectivity index (χ3n) is 4.58. The quantitative estimate of drug-likeness (QED) is 0.868. The maximum absolute atomic E-state index is 13.5. The van der Waals surface area contributed by atoms with E-state index in [2.05, 4.69) is 5.32 Å². The standard InChI is InChI=1S/C17H25FN2O.ClH/c1-11(12(2)19)17(21)20-16(13-6-3-4-7-13)14-8-5-9-15(18)10-14;/h5,8-13,16H,3-4,6-7,19H2,1-2H3,(H,20,21);1H. The molecule has 1 aromatic carbocycles. The lowest BCUT2D eigenvalue weighted by atomic mass is 9.90. The highest BCUT2D eigenvalue weighted by molar-refractivity contribution is 5.85. The molecule has 22 heavy (non-hydrogen) atoms. The second-order valence-corrected chi connectivity index (χ2v) is 6.23. The van der Waals surface area contributed by atoms with E-state index in [9.17, 15) is 9.18 Å². The summed E-state index contributed by atoms with van der Waals surface area (Å²) in [5.41, 5.74) is 6.66. The average Bonchev–Trinajstić information content (AvgIpc) is 2.97. The molecule has 1 aliphatic carbocycles. The van der Waals surface area contributed by atoms with Crippen LogP contribution in [0.4, 0.5) is 4.39 Å². The molecule has 3 nitrogen and oxygen atoms in total. The van der Waals surface area contributed by atoms with E-state index in [1.54, 1.807) is 6.07 Å². The highest BCUT2D eigenvalue weighted by Crippen LogP contribution is 2.36. The molecule has 0 heterocycles. The zero-order valence-electron chi connectivity index (χ0n) is 13.2. The van der Waals surface area contributed by atoms with Crippen LogP contribution in [0.2, 0.25) is 0 Å². The minimum absolute atomic E-state index is 0. The topological polar surface area (TPSA) is 55.1 Å². The van der Waals surface area contributed by atoms with Crippen LogP contribution >= 0.6 is 12.4 Å². The number of rotatable bonds is 5. The summed E-state index contributed by atoms with van der Waals surface area (Å²) in [6, 6.07) is 6.25. The van der Waals surface area contributed by atoms with Gasteiger partial charge in [-0.05, 0) is 43.4 Å². The van der Waals surface area contributed by atoms with Crippen molar-refractivity contribution in [1.82, 2.24) is 5.32 Å². The fourth-order valence-corrected chi connectivity index (χ4v) is 2.99. The number of hydrogen-bond donors (Lipinski definition) is 2. The minimum Gasteiger partial charge on any atom is -0.349 e. The molecule has 3 unspecified atom stereocenters. The third kappa shape index (κ3) is 4.68. The van der Waals surface area contributed by atoms with Crippen LogP contribution < -0.4 is 11.1 Å². The number of nitrogens with one attached hydrogen (secondary N) is 1. The molecule has 2 rings (SSSR count). The van der Waals surface area contributed by atoms with Gasteiger partial charge in [0.05, 0.1) is 6.04 Å². The molecule has 0 saturated heterocycles. The first-order chi connectivity index (χ1) is 9.99. The van der Waals surface area contributed by atoms with Crippen molar-refractivity contribution in [2.24, 2.45) is 17.6 Å². The maximum atomic E-state index is 13.5. The molecule has 1 fully saturated rings. The van der Waals surface area contributed by atoms with Crippen molar-refractivity contribution < 1.29 is 9.18 Å². The second-order valence-electron chi connectivity index (χ2n) is 6.23. The summed E-state index contributed by atoms with van der Waals surface area (Å²) in [4.78, 5) is 12.3. The van der Waals surface area contributed by atoms with Crippen molar-refractivity contribution in [3.8, 4) is 0 Å². The van der Waals surface area contributed by atoms with Crippen LogP contribution in [0.1, 0.15) is 51.1 Å². The molecule has 0 aromatic heterocycles. The summed E-state index contributed by atoms with van der Waals surface area (Å²) in [6.07, 6.45) is 4.51. The number of halogens is 2. The Hall–Kier alpha value is -1.13. The van der Waals surface area contributed by atoms with Gasteiger partial charge in [0, 0.05) is 12.0 Å². The van der Waals surface area contributed by atoms with Gasteiger partial charge in [-0.3, -0.25) is 4.79 Å². The Kier molecular flexibility index (Phi) is 7.30. The molecule has 1 aromatic rings. The lowest BCUT2D eigenvalue weighted by Gasteiger charge is -2.27. The number of hydrogen-bond acceptors (Lipinski definition) is 2. The molecule has 0 radical (unpaired) electrons. The van der Waals surface area contributed by atoms with E-state index in [4.69, 9.17) is 5.73 Å². The highest BCUT2D eigenvalue weighted by Gasteiger charge is 2.29. The van der Waals surface area contributed by atoms with Crippen molar-refractivity contribution in [3.63, 3.8) is 0 Å². The molecule has 3 atom stereocenters. The van der Waals surface area contributed by atoms with Crippen molar-refractivity contribution >= 4 is 18.3 Å². The van der Waals surface area contributed by atoms with Gasteiger partial charge < -0.3 is 11.1 Å². The summed E-state index contributed by atoms with van der Waals surface area (Å²) in [7, 11) is 0. The van der Waals surface area contributed by atoms with Gasteiger partial charge in [0.25, 0.3) is 0 Å². The summed E-state index contributed by atoms with van der Waals surface area (Å²) in [6.45, 7) is 3.66. The predicted octanol–water partition coefficient (Wildman–Crippen LogP) is 3.58. The number of nitrogens with two attached hydrogens (primary N) is 1. The normalized spacial score (nSPS) is 19.1. The number of carbonyl (C=O) groups excluding carboxylic acids is 1. The van der Waals surface area contributed by atoms with Gasteiger partial charge in [0.2, 0.25) is 5.91 Å². The van der Waals surface area contributed by atoms with E-state index >= 15 is 0 Å². The molecule has 0 bridgehead atoms. The zero-order valence-corrected chi connectivity index (χ0v) is 14.0. The van der Waals surface area contributed by atoms with Crippen molar-refractivity contribution in [2.45, 2.75) is 51.6 Å². The first-order valence-electron chi connectivity index (χ1n) is 7.80. The lowest BCUT2D eigenvalue weighted by molar-refractivity contribution is -0.126. The first-order valence-corrected chi connectivity index (χ1v) is 7.80. The van der Waals surface area contributed by atoms with E-state index in [1.165, 1.54) is 25.0 Å². The Balaban J connectivity index is 0.00000242. The van der Waals surface area contributed by atoms with E-state index in [0.717, 1.165) is 18.4 Å². The molecule has 1 aliphatic rings. The first kappa shape index (κ1) is 18.9. The maximum Gasteiger partial charge on any atom is 0.224 e. The molecule has 0 spiro atoms. The monoisotopic (exact) mass is 328 g/mol. The third-order valence-corrected chi connectivity index (χ3v) is 4.58. The van der Waals surface area contributed by atoms with Gasteiger partial charge in [-0.2, -0.15) is 0 Å². The zero-order chi connectivity index (χ0) is 15.4. The predicted molar refractivity (Wildman–Crippen MR) is 89.3 cm³/mol. The van der Waals surface area contributed by atoms with Crippen molar-refractivity contribution in [1.29, 1.82) is 0 Å². The van der Waals surface area contributed by atoms with E-state index < -0.39 is 0 Å². The molecule has 5 heteroatoms. The number of benzene rings is 1. The smallest absolute Gasteiger partial charge is 0.224 e. The Morgan fingerprint density at radius 1 is 1.32 bits per heavy atom. The van der Waals surface area contributed by atoms with Crippen molar-refractivity contribution in [3.05, 3.63) is 35.6 Å². The molecular formula is C17H26ClFN2O. The van der Waals surface area contributed by atoms with E-state index in [1.807, 2.05) is 19.9 Å². The fraction of sp³-hybridized carbons (Fsp3) is 0.588. The molecule has 0 aliphatic heterocycles. The summed E-state index contributed by atoms with van der Waals surface area (Å²) >= 11 is 0. The van der Waals surface area contributed by atoms with Crippen LogP contribution in [0.3, 0.4) is 0 Å². The number of amides is 1. The SMILES string of the molecule is CC(N)C(C)C(=O)NC(c1cccc(F)c1)C1CCCC1.Cl. The second kappa shape index (κ2) is 8.49. The number of carbonyl (C=O) groups is 1. The van der Waals surface area contributed by atoms with Crippen molar-refractivity contribution in [2.75, 3.05) is 0 Å². The van der Waals surface area contributed by atoms with E-state index in [0.29, 0.717) is 5.92 Å². The van der Waals surface area contributed by atoms with Gasteiger partial charge in [0.1, 0.15) is 5.82 Å². The molecule has 1 saturated carbocycles. The van der Waals surface area contributed by atoms with E-state index in [-0.39, 0.29) is 42.1 Å². The van der Waals surface area contributed by atoms with Crippen LogP contribution in [-0.2, 0) is 4.79 Å². The molecular weight excluding hydrogens is 303 g/mol. The Morgan fingerprint density at radius 2 is 1.95 bits per heavy atom. The summed E-state index contributed by atoms with van der Waals surface area (Å²) < 4.78 is 13.5. The minimum atomic E-state index is -0.259. The van der Waals surface area contributed by atoms with Gasteiger partial charge in [0.15, 0.2) is 0 Å². The fourth-order valence-electron chi connectivity index (χ4n) is 2.99. The van der Waals surface area contributed by atoms with Crippen LogP contribution in [0.25, 0.3) is 0 Å². The van der Waals surface area contributed by atoms with Gasteiger partial charge in [-0.25, -0.2) is 4.39 Å². The molecule has 124 valence electrons. The Labute approximate surface area is 138 Å². The summed E-state index contributed by atoms with van der Waals surface area (Å²) in [5.74, 6) is -0.172. The Morgan fingerprint density at radius 3 is 2.50 bits per heavy atom. The molecule has 1 amide bonds. The summed E-state index contributed by atoms with van der Waals surface area (Å²) in [5, 5.41) is 3.10. The molecule has 3 N–H and O–H groups in total. The van der Waals surface area contributed by atoms with Gasteiger partial charge in [-0.15, -0.1) is 12.4 Å².